The quantitative estimate of drug-likeness (QED) is 0.785. The molecule has 72 valence electrons. The van der Waals surface area contributed by atoms with E-state index in [0.717, 1.165) is 5.75 Å². The van der Waals surface area contributed by atoms with Gasteiger partial charge in [-0.05, 0) is 25.5 Å². The molecule has 1 atom stereocenters. The van der Waals surface area contributed by atoms with Gasteiger partial charge in [-0.3, -0.25) is 0 Å². The third-order valence-electron chi connectivity index (χ3n) is 2.02. The molecule has 1 saturated heterocycles. The molecule has 0 amide bonds. The Morgan fingerprint density at radius 2 is 2.54 bits per heavy atom. The van der Waals surface area contributed by atoms with Crippen LogP contribution in [-0.4, -0.2) is 27.7 Å². The van der Waals surface area contributed by atoms with Gasteiger partial charge in [0.15, 0.2) is 5.82 Å². The van der Waals surface area contributed by atoms with Gasteiger partial charge in [0.2, 0.25) is 0 Å². The summed E-state index contributed by atoms with van der Waals surface area (Å²) in [7, 11) is 0. The molecular formula is C8H13N3OS. The first-order valence-electron chi connectivity index (χ1n) is 4.49. The van der Waals surface area contributed by atoms with Crippen molar-refractivity contribution in [2.45, 2.75) is 25.8 Å². The first-order chi connectivity index (χ1) is 6.34. The maximum Gasteiger partial charge on any atom is 0.321 e. The summed E-state index contributed by atoms with van der Waals surface area (Å²) < 4.78 is 4.99. The molecule has 0 saturated carbocycles. The van der Waals surface area contributed by atoms with E-state index in [1.807, 2.05) is 18.7 Å². The minimum absolute atomic E-state index is 0.499. The standard InChI is InChI=1S/C8H13N3OS/c1-6-9-8(12-11-6)10-7-3-2-4-13-5-7/h7H,2-5H2,1H3,(H,9,10,11). The third kappa shape index (κ3) is 2.37. The van der Waals surface area contributed by atoms with Crippen molar-refractivity contribution in [2.24, 2.45) is 0 Å². The Morgan fingerprint density at radius 3 is 3.15 bits per heavy atom. The first-order valence-corrected chi connectivity index (χ1v) is 5.64. The molecule has 0 radical (unpaired) electrons. The van der Waals surface area contributed by atoms with Gasteiger partial charge in [0.1, 0.15) is 0 Å². The van der Waals surface area contributed by atoms with E-state index in [2.05, 4.69) is 15.5 Å². The number of nitrogens with zero attached hydrogens (tertiary/aromatic N) is 2. The second-order valence-electron chi connectivity index (χ2n) is 3.21. The largest absolute Gasteiger partial charge is 0.334 e. The Morgan fingerprint density at radius 1 is 1.62 bits per heavy atom. The van der Waals surface area contributed by atoms with Gasteiger partial charge < -0.3 is 9.84 Å². The molecule has 1 unspecified atom stereocenters. The SMILES string of the molecule is Cc1noc(NC2CCCSC2)n1. The predicted molar refractivity (Wildman–Crippen MR) is 53.0 cm³/mol. The number of hydrogen-bond donors (Lipinski definition) is 1. The lowest BCUT2D eigenvalue weighted by molar-refractivity contribution is 0.421. The fraction of sp³-hybridized carbons (Fsp3) is 0.750. The third-order valence-corrected chi connectivity index (χ3v) is 3.23. The number of aromatic nitrogens is 2. The van der Waals surface area contributed by atoms with Crippen LogP contribution < -0.4 is 5.32 Å². The molecule has 4 nitrogen and oxygen atoms in total. The molecule has 13 heavy (non-hydrogen) atoms. The highest BCUT2D eigenvalue weighted by atomic mass is 32.2. The van der Waals surface area contributed by atoms with E-state index in [1.54, 1.807) is 0 Å². The summed E-state index contributed by atoms with van der Waals surface area (Å²) in [4.78, 5) is 4.11. The van der Waals surface area contributed by atoms with E-state index in [9.17, 15) is 0 Å². The van der Waals surface area contributed by atoms with Gasteiger partial charge in [0, 0.05) is 11.8 Å². The van der Waals surface area contributed by atoms with Gasteiger partial charge in [-0.2, -0.15) is 16.7 Å². The van der Waals surface area contributed by atoms with Crippen LogP contribution in [0.5, 0.6) is 0 Å². The van der Waals surface area contributed by atoms with E-state index in [-0.39, 0.29) is 0 Å². The molecular weight excluding hydrogens is 186 g/mol. The van der Waals surface area contributed by atoms with Crippen LogP contribution in [0.3, 0.4) is 0 Å². The molecule has 1 aliphatic heterocycles. The van der Waals surface area contributed by atoms with Crippen LogP contribution in [0.4, 0.5) is 6.01 Å². The highest BCUT2D eigenvalue weighted by Crippen LogP contribution is 2.19. The molecule has 0 bridgehead atoms. The lowest BCUT2D eigenvalue weighted by atomic mass is 10.2. The second kappa shape index (κ2) is 4.00. The summed E-state index contributed by atoms with van der Waals surface area (Å²) in [6, 6.07) is 1.06. The first kappa shape index (κ1) is 8.87. The molecule has 2 rings (SSSR count). The van der Waals surface area contributed by atoms with Crippen LogP contribution >= 0.6 is 11.8 Å². The Labute approximate surface area is 81.5 Å². The van der Waals surface area contributed by atoms with Gasteiger partial charge in [-0.15, -0.1) is 0 Å². The predicted octanol–water partition coefficient (Wildman–Crippen LogP) is 1.69. The normalized spacial score (nSPS) is 23.0. The second-order valence-corrected chi connectivity index (χ2v) is 4.35. The van der Waals surface area contributed by atoms with E-state index < -0.39 is 0 Å². The summed E-state index contributed by atoms with van der Waals surface area (Å²) in [6.07, 6.45) is 2.48. The smallest absolute Gasteiger partial charge is 0.321 e. The number of anilines is 1. The average molecular weight is 199 g/mol. The maximum atomic E-state index is 4.99. The lowest BCUT2D eigenvalue weighted by Gasteiger charge is -2.20. The van der Waals surface area contributed by atoms with Crippen molar-refractivity contribution in [1.29, 1.82) is 0 Å². The van der Waals surface area contributed by atoms with E-state index >= 15 is 0 Å². The van der Waals surface area contributed by atoms with Gasteiger partial charge in [-0.1, -0.05) is 5.16 Å². The van der Waals surface area contributed by atoms with Crippen molar-refractivity contribution in [1.82, 2.24) is 10.1 Å². The maximum absolute atomic E-state index is 4.99. The molecule has 1 N–H and O–H groups in total. The van der Waals surface area contributed by atoms with Gasteiger partial charge >= 0.3 is 6.01 Å². The summed E-state index contributed by atoms with van der Waals surface area (Å²) in [5, 5.41) is 6.97. The van der Waals surface area contributed by atoms with Crippen molar-refractivity contribution in [3.8, 4) is 0 Å². The van der Waals surface area contributed by atoms with Gasteiger partial charge in [-0.25, -0.2) is 0 Å². The fourth-order valence-corrected chi connectivity index (χ4v) is 2.46. The Bertz CT molecular complexity index is 270. The highest BCUT2D eigenvalue weighted by Gasteiger charge is 2.15. The van der Waals surface area contributed by atoms with E-state index in [1.165, 1.54) is 18.6 Å². The number of aryl methyl sites for hydroxylation is 1. The molecule has 1 aliphatic rings. The zero-order valence-electron chi connectivity index (χ0n) is 7.62. The van der Waals surface area contributed by atoms with Gasteiger partial charge in [0.25, 0.3) is 0 Å². The molecule has 5 heteroatoms. The molecule has 1 aromatic heterocycles. The number of hydrogen-bond acceptors (Lipinski definition) is 5. The van der Waals surface area contributed by atoms with Crippen LogP contribution in [0, 0.1) is 6.92 Å². The highest BCUT2D eigenvalue weighted by molar-refractivity contribution is 7.99. The Balaban J connectivity index is 1.89. The summed E-state index contributed by atoms with van der Waals surface area (Å²) >= 11 is 1.98. The topological polar surface area (TPSA) is 51.0 Å². The summed E-state index contributed by atoms with van der Waals surface area (Å²) in [6.45, 7) is 1.82. The van der Waals surface area contributed by atoms with E-state index in [4.69, 9.17) is 4.52 Å². The number of rotatable bonds is 2. The molecule has 0 aliphatic carbocycles. The summed E-state index contributed by atoms with van der Waals surface area (Å²) in [5.74, 6) is 3.11. The van der Waals surface area contributed by atoms with Crippen molar-refractivity contribution < 1.29 is 4.52 Å². The zero-order valence-corrected chi connectivity index (χ0v) is 8.43. The van der Waals surface area contributed by atoms with Crippen molar-refractivity contribution in [2.75, 3.05) is 16.8 Å². The molecule has 1 aromatic rings. The summed E-state index contributed by atoms with van der Waals surface area (Å²) in [5.41, 5.74) is 0. The molecule has 0 aromatic carbocycles. The Kier molecular flexibility index (Phi) is 2.73. The van der Waals surface area contributed by atoms with Gasteiger partial charge in [0.05, 0.1) is 0 Å². The van der Waals surface area contributed by atoms with Crippen LogP contribution in [0.25, 0.3) is 0 Å². The minimum atomic E-state index is 0.499. The molecule has 1 fully saturated rings. The average Bonchev–Trinajstić information content (AvgIpc) is 2.53. The zero-order chi connectivity index (χ0) is 9.10. The van der Waals surface area contributed by atoms with E-state index in [0.29, 0.717) is 17.9 Å². The number of thioether (sulfide) groups is 1. The Hall–Kier alpha value is -0.710. The van der Waals surface area contributed by atoms with Crippen LogP contribution in [-0.2, 0) is 0 Å². The fourth-order valence-electron chi connectivity index (χ4n) is 1.38. The number of nitrogens with one attached hydrogen (secondary N) is 1. The van der Waals surface area contributed by atoms with Crippen molar-refractivity contribution >= 4 is 17.8 Å². The van der Waals surface area contributed by atoms with Crippen LogP contribution in [0.15, 0.2) is 4.52 Å². The lowest BCUT2D eigenvalue weighted by Crippen LogP contribution is -2.25. The van der Waals surface area contributed by atoms with Crippen LogP contribution in [0.2, 0.25) is 0 Å². The van der Waals surface area contributed by atoms with Crippen molar-refractivity contribution in [3.63, 3.8) is 0 Å². The van der Waals surface area contributed by atoms with Crippen LogP contribution in [0.1, 0.15) is 18.7 Å². The minimum Gasteiger partial charge on any atom is -0.334 e. The molecule has 0 spiro atoms. The molecule has 2 heterocycles. The monoisotopic (exact) mass is 199 g/mol. The van der Waals surface area contributed by atoms with Crippen molar-refractivity contribution in [3.05, 3.63) is 5.82 Å².